The summed E-state index contributed by atoms with van der Waals surface area (Å²) in [5.41, 5.74) is 7.45. The van der Waals surface area contributed by atoms with Crippen LogP contribution in [0.25, 0.3) is 0 Å². The van der Waals surface area contributed by atoms with E-state index < -0.39 is 0 Å². The topological polar surface area (TPSA) is 29.3 Å². The van der Waals surface area contributed by atoms with Crippen molar-refractivity contribution in [2.75, 3.05) is 13.1 Å². The zero-order valence-electron chi connectivity index (χ0n) is 11.0. The highest BCUT2D eigenvalue weighted by atomic mass is 32.1. The van der Waals surface area contributed by atoms with Crippen molar-refractivity contribution in [1.29, 1.82) is 0 Å². The molecule has 2 unspecified atom stereocenters. The minimum absolute atomic E-state index is 0.445. The Kier molecular flexibility index (Phi) is 4.60. The molecular weight excluding hydrogens is 228 g/mol. The first kappa shape index (κ1) is 13.1. The molecule has 2 heterocycles. The highest BCUT2D eigenvalue weighted by molar-refractivity contribution is 7.10. The average molecular weight is 252 g/mol. The maximum absolute atomic E-state index is 6.05. The minimum atomic E-state index is 0.445. The average Bonchev–Trinajstić information content (AvgIpc) is 2.78. The van der Waals surface area contributed by atoms with Crippen molar-refractivity contribution < 1.29 is 0 Å². The third kappa shape index (κ3) is 2.72. The molecule has 1 saturated heterocycles. The van der Waals surface area contributed by atoms with Gasteiger partial charge in [-0.3, -0.25) is 4.90 Å². The fourth-order valence-electron chi connectivity index (χ4n) is 2.99. The summed E-state index contributed by atoms with van der Waals surface area (Å²) < 4.78 is 0. The van der Waals surface area contributed by atoms with Crippen LogP contribution in [0.4, 0.5) is 0 Å². The van der Waals surface area contributed by atoms with Crippen molar-refractivity contribution in [3.63, 3.8) is 0 Å². The third-order valence-electron chi connectivity index (χ3n) is 3.97. The number of likely N-dealkylation sites (tertiary alicyclic amines) is 1. The van der Waals surface area contributed by atoms with Crippen LogP contribution >= 0.6 is 11.3 Å². The van der Waals surface area contributed by atoms with Gasteiger partial charge < -0.3 is 5.73 Å². The second-order valence-corrected chi connectivity index (χ2v) is 5.96. The van der Waals surface area contributed by atoms with E-state index in [2.05, 4.69) is 30.2 Å². The van der Waals surface area contributed by atoms with Crippen molar-refractivity contribution in [2.24, 2.45) is 5.73 Å². The van der Waals surface area contributed by atoms with E-state index in [-0.39, 0.29) is 0 Å². The third-order valence-corrected chi connectivity index (χ3v) is 5.09. The van der Waals surface area contributed by atoms with Crippen molar-refractivity contribution in [3.8, 4) is 0 Å². The van der Waals surface area contributed by atoms with E-state index in [1.165, 1.54) is 42.7 Å². The Hall–Kier alpha value is -0.380. The second-order valence-electron chi connectivity index (χ2n) is 5.02. The van der Waals surface area contributed by atoms with Crippen LogP contribution in [0, 0.1) is 6.92 Å². The van der Waals surface area contributed by atoms with Crippen molar-refractivity contribution in [1.82, 2.24) is 4.90 Å². The summed E-state index contributed by atoms with van der Waals surface area (Å²) in [4.78, 5) is 4.13. The number of aryl methyl sites for hydroxylation is 1. The molecule has 0 saturated carbocycles. The molecule has 1 aromatic heterocycles. The molecule has 1 aromatic rings. The smallest absolute Gasteiger partial charge is 0.0569 e. The summed E-state index contributed by atoms with van der Waals surface area (Å²) in [7, 11) is 0. The molecule has 2 rings (SSSR count). The van der Waals surface area contributed by atoms with Crippen LogP contribution < -0.4 is 5.73 Å². The van der Waals surface area contributed by atoms with Crippen LogP contribution in [0.15, 0.2) is 11.4 Å². The molecule has 2 N–H and O–H groups in total. The molecule has 2 atom stereocenters. The van der Waals surface area contributed by atoms with E-state index in [4.69, 9.17) is 5.73 Å². The van der Waals surface area contributed by atoms with Gasteiger partial charge in [0.15, 0.2) is 0 Å². The standard InChI is InChI=1S/C14H24N2S/c1-3-12-6-4-5-8-16(12)13(10-15)14-11(2)7-9-17-14/h7,9,12-13H,3-6,8,10,15H2,1-2H3. The molecule has 1 aliphatic rings. The first-order chi connectivity index (χ1) is 8.27. The Balaban J connectivity index is 2.19. The summed E-state index contributed by atoms with van der Waals surface area (Å²) in [6, 6.07) is 3.40. The van der Waals surface area contributed by atoms with Crippen molar-refractivity contribution in [3.05, 3.63) is 21.9 Å². The van der Waals surface area contributed by atoms with E-state index in [0.29, 0.717) is 6.04 Å². The molecular formula is C14H24N2S. The molecule has 2 nitrogen and oxygen atoms in total. The fraction of sp³-hybridized carbons (Fsp3) is 0.714. The number of nitrogens with two attached hydrogens (primary N) is 1. The van der Waals surface area contributed by atoms with E-state index in [0.717, 1.165) is 12.6 Å². The number of piperidine rings is 1. The van der Waals surface area contributed by atoms with Gasteiger partial charge in [0.05, 0.1) is 6.04 Å². The largest absolute Gasteiger partial charge is 0.329 e. The molecule has 3 heteroatoms. The maximum Gasteiger partial charge on any atom is 0.0569 e. The van der Waals surface area contributed by atoms with E-state index in [1.807, 2.05) is 11.3 Å². The van der Waals surface area contributed by atoms with Crippen molar-refractivity contribution in [2.45, 2.75) is 51.6 Å². The predicted molar refractivity (Wildman–Crippen MR) is 75.5 cm³/mol. The maximum atomic E-state index is 6.05. The minimum Gasteiger partial charge on any atom is -0.329 e. The molecule has 17 heavy (non-hydrogen) atoms. The molecule has 0 spiro atoms. The van der Waals surface area contributed by atoms with Gasteiger partial charge in [0, 0.05) is 17.5 Å². The van der Waals surface area contributed by atoms with E-state index in [9.17, 15) is 0 Å². The van der Waals surface area contributed by atoms with Gasteiger partial charge in [0.2, 0.25) is 0 Å². The van der Waals surface area contributed by atoms with Gasteiger partial charge in [-0.15, -0.1) is 11.3 Å². The Morgan fingerprint density at radius 3 is 2.94 bits per heavy atom. The molecule has 0 radical (unpaired) electrons. The van der Waals surface area contributed by atoms with Crippen LogP contribution in [-0.4, -0.2) is 24.0 Å². The first-order valence-electron chi connectivity index (χ1n) is 6.77. The lowest BCUT2D eigenvalue weighted by molar-refractivity contribution is 0.0963. The molecule has 1 aliphatic heterocycles. The lowest BCUT2D eigenvalue weighted by Gasteiger charge is -2.40. The van der Waals surface area contributed by atoms with Gasteiger partial charge >= 0.3 is 0 Å². The first-order valence-corrected chi connectivity index (χ1v) is 7.65. The monoisotopic (exact) mass is 252 g/mol. The second kappa shape index (κ2) is 5.98. The quantitative estimate of drug-likeness (QED) is 0.890. The Morgan fingerprint density at radius 1 is 1.53 bits per heavy atom. The number of hydrogen-bond donors (Lipinski definition) is 1. The molecule has 0 aromatic carbocycles. The predicted octanol–water partition coefficient (Wildman–Crippen LogP) is 3.32. The Bertz CT molecular complexity index is 348. The van der Waals surface area contributed by atoms with Crippen LogP contribution in [-0.2, 0) is 0 Å². The highest BCUT2D eigenvalue weighted by Gasteiger charge is 2.29. The molecule has 0 amide bonds. The number of hydrogen-bond acceptors (Lipinski definition) is 3. The van der Waals surface area contributed by atoms with Gasteiger partial charge in [-0.1, -0.05) is 13.3 Å². The summed E-state index contributed by atoms with van der Waals surface area (Å²) in [5, 5.41) is 2.19. The number of nitrogens with zero attached hydrogens (tertiary/aromatic N) is 1. The number of thiophene rings is 1. The SMILES string of the molecule is CCC1CCCCN1C(CN)c1sccc1C. The summed E-state index contributed by atoms with van der Waals surface area (Å²) in [5.74, 6) is 0. The summed E-state index contributed by atoms with van der Waals surface area (Å²) in [6.07, 6.45) is 5.31. The Labute approximate surface area is 109 Å². The van der Waals surface area contributed by atoms with E-state index in [1.54, 1.807) is 0 Å². The van der Waals surface area contributed by atoms with Crippen LogP contribution in [0.3, 0.4) is 0 Å². The fourth-order valence-corrected chi connectivity index (χ4v) is 4.05. The van der Waals surface area contributed by atoms with Gasteiger partial charge in [0.25, 0.3) is 0 Å². The lowest BCUT2D eigenvalue weighted by Crippen LogP contribution is -2.44. The summed E-state index contributed by atoms with van der Waals surface area (Å²) >= 11 is 1.87. The van der Waals surface area contributed by atoms with E-state index >= 15 is 0 Å². The zero-order chi connectivity index (χ0) is 12.3. The van der Waals surface area contributed by atoms with Crippen LogP contribution in [0.1, 0.15) is 49.1 Å². The number of rotatable bonds is 4. The van der Waals surface area contributed by atoms with Gasteiger partial charge in [0.1, 0.15) is 0 Å². The normalized spacial score (nSPS) is 23.8. The highest BCUT2D eigenvalue weighted by Crippen LogP contribution is 2.33. The lowest BCUT2D eigenvalue weighted by atomic mass is 9.96. The molecule has 1 fully saturated rings. The molecule has 96 valence electrons. The van der Waals surface area contributed by atoms with Gasteiger partial charge in [-0.05, 0) is 49.7 Å². The molecule has 0 bridgehead atoms. The Morgan fingerprint density at radius 2 is 2.35 bits per heavy atom. The van der Waals surface area contributed by atoms with Gasteiger partial charge in [-0.25, -0.2) is 0 Å². The van der Waals surface area contributed by atoms with Gasteiger partial charge in [-0.2, -0.15) is 0 Å². The van der Waals surface area contributed by atoms with Crippen LogP contribution in [0.2, 0.25) is 0 Å². The zero-order valence-corrected chi connectivity index (χ0v) is 11.8. The van der Waals surface area contributed by atoms with Crippen LogP contribution in [0.5, 0.6) is 0 Å². The summed E-state index contributed by atoms with van der Waals surface area (Å²) in [6.45, 7) is 6.48. The van der Waals surface area contributed by atoms with Crippen molar-refractivity contribution >= 4 is 11.3 Å². The molecule has 0 aliphatic carbocycles.